The second kappa shape index (κ2) is 10.4. The van der Waals surface area contributed by atoms with Gasteiger partial charge in [0, 0.05) is 24.8 Å². The maximum Gasteiger partial charge on any atom is 0.216 e. The van der Waals surface area contributed by atoms with Crippen LogP contribution in [0.5, 0.6) is 0 Å². The van der Waals surface area contributed by atoms with Crippen molar-refractivity contribution in [1.82, 2.24) is 0 Å². The van der Waals surface area contributed by atoms with Gasteiger partial charge >= 0.3 is 0 Å². The van der Waals surface area contributed by atoms with Gasteiger partial charge in [0.1, 0.15) is 18.2 Å². The molecular formula is C39H42NOSi+. The lowest BCUT2D eigenvalue weighted by atomic mass is 9.87. The quantitative estimate of drug-likeness (QED) is 0.149. The Hall–Kier alpha value is -3.95. The fraction of sp³-hybridized carbons (Fsp3) is 0.256. The van der Waals surface area contributed by atoms with Gasteiger partial charge in [0.25, 0.3) is 0 Å². The minimum absolute atomic E-state index is 0.504. The van der Waals surface area contributed by atoms with Crippen molar-refractivity contribution in [3.63, 3.8) is 0 Å². The summed E-state index contributed by atoms with van der Waals surface area (Å²) in [6, 6.07) is 31.8. The van der Waals surface area contributed by atoms with Crippen LogP contribution >= 0.6 is 0 Å². The van der Waals surface area contributed by atoms with Crippen molar-refractivity contribution in [2.45, 2.75) is 53.7 Å². The molecule has 0 fully saturated rings. The molecule has 0 radical (unpaired) electrons. The van der Waals surface area contributed by atoms with Gasteiger partial charge in [-0.3, -0.25) is 0 Å². The molecule has 0 N–H and O–H groups in total. The van der Waals surface area contributed by atoms with Crippen molar-refractivity contribution in [1.29, 1.82) is 0 Å². The van der Waals surface area contributed by atoms with Crippen LogP contribution in [0.4, 0.5) is 0 Å². The normalized spacial score (nSPS) is 13.4. The highest BCUT2D eigenvalue weighted by atomic mass is 28.3. The van der Waals surface area contributed by atoms with Crippen LogP contribution < -0.4 is 9.75 Å². The summed E-state index contributed by atoms with van der Waals surface area (Å²) in [5, 5.41) is 3.60. The van der Waals surface area contributed by atoms with E-state index in [9.17, 15) is 0 Å². The molecule has 212 valence electrons. The van der Waals surface area contributed by atoms with E-state index in [2.05, 4.69) is 117 Å². The third-order valence-electron chi connectivity index (χ3n) is 8.01. The number of aryl methyl sites for hydroxylation is 2. The summed E-state index contributed by atoms with van der Waals surface area (Å²) in [6.45, 7) is 15.2. The first-order chi connectivity index (χ1) is 20.7. The molecule has 2 aromatic heterocycles. The van der Waals surface area contributed by atoms with Crippen molar-refractivity contribution in [3.05, 3.63) is 108 Å². The smallest absolute Gasteiger partial charge is 0.216 e. The van der Waals surface area contributed by atoms with Gasteiger partial charge in [0.2, 0.25) is 5.69 Å². The first-order valence-electron chi connectivity index (χ1n) is 15.8. The third-order valence-corrected chi connectivity index (χ3v) is 10.0. The summed E-state index contributed by atoms with van der Waals surface area (Å²) in [4.78, 5) is 0. The average molecular weight is 571 g/mol. The van der Waals surface area contributed by atoms with Gasteiger partial charge in [0.05, 0.1) is 13.6 Å². The molecule has 2 nitrogen and oxygen atoms in total. The van der Waals surface area contributed by atoms with E-state index in [1.54, 1.807) is 0 Å². The van der Waals surface area contributed by atoms with E-state index in [0.29, 0.717) is 5.56 Å². The van der Waals surface area contributed by atoms with Gasteiger partial charge in [-0.1, -0.05) is 113 Å². The Morgan fingerprint density at radius 1 is 0.786 bits per heavy atom. The van der Waals surface area contributed by atoms with E-state index in [4.69, 9.17) is 7.16 Å². The third kappa shape index (κ3) is 5.34. The lowest BCUT2D eigenvalue weighted by Gasteiger charge is -2.21. The van der Waals surface area contributed by atoms with Crippen molar-refractivity contribution >= 4 is 35.2 Å². The van der Waals surface area contributed by atoms with Crippen LogP contribution in [-0.4, -0.2) is 8.07 Å². The van der Waals surface area contributed by atoms with E-state index in [0.717, 1.165) is 49.9 Å². The molecule has 0 saturated heterocycles. The number of rotatable bonds is 5. The predicted octanol–water partition coefficient (Wildman–Crippen LogP) is 9.85. The lowest BCUT2D eigenvalue weighted by Crippen LogP contribution is -2.46. The Labute approximate surface area is 254 Å². The summed E-state index contributed by atoms with van der Waals surface area (Å²) >= 11 is 0. The van der Waals surface area contributed by atoms with Gasteiger partial charge in [-0.2, -0.15) is 0 Å². The Morgan fingerprint density at radius 3 is 2.12 bits per heavy atom. The molecule has 2 heterocycles. The summed E-state index contributed by atoms with van der Waals surface area (Å²) in [5.74, 6) is 0. The minimum Gasteiger partial charge on any atom is -0.455 e. The van der Waals surface area contributed by atoms with Gasteiger partial charge in [-0.25, -0.2) is 4.57 Å². The Bertz CT molecular complexity index is 2010. The molecule has 0 amide bonds. The molecule has 0 bridgehead atoms. The standard InChI is InChI=1S/C39H42NOSi/c1-26-14-20-32-31-21-19-30(28-12-10-9-11-13-28)22-35(31)41-38(32)37(26)34-23-33(36(25-40(34)5)42(6,7)8)29-17-15-27(16-18-29)24-39(2,3)4/h9-23,25H,24H2,1-8H3/q+1/i24D2. The molecule has 0 aliphatic rings. The fourth-order valence-corrected chi connectivity index (χ4v) is 7.57. The number of hydrogen-bond acceptors (Lipinski definition) is 1. The van der Waals surface area contributed by atoms with Gasteiger partial charge < -0.3 is 4.42 Å². The average Bonchev–Trinajstić information content (AvgIpc) is 3.34. The van der Waals surface area contributed by atoms with Crippen LogP contribution in [-0.2, 0) is 13.4 Å². The fourth-order valence-electron chi connectivity index (χ4n) is 5.97. The number of nitrogens with zero attached hydrogens (tertiary/aromatic N) is 1. The van der Waals surface area contributed by atoms with E-state index in [1.165, 1.54) is 16.3 Å². The zero-order chi connectivity index (χ0) is 31.6. The summed E-state index contributed by atoms with van der Waals surface area (Å²) in [5.41, 5.74) is 9.99. The van der Waals surface area contributed by atoms with Crippen molar-refractivity contribution < 1.29 is 11.7 Å². The Balaban J connectivity index is 1.55. The van der Waals surface area contributed by atoms with E-state index in [1.807, 2.05) is 39.0 Å². The number of aromatic nitrogens is 1. The SMILES string of the molecule is [2H]C([2H])(c1ccc(-c2cc(-c3c(C)ccc4c3oc3cc(-c5ccccc5)ccc34)[n+](C)cc2[Si](C)(C)C)cc1)C(C)(C)C. The molecule has 6 aromatic rings. The topological polar surface area (TPSA) is 17.0 Å². The zero-order valence-electron chi connectivity index (χ0n) is 28.1. The molecule has 4 aromatic carbocycles. The van der Waals surface area contributed by atoms with Crippen LogP contribution in [0, 0.1) is 12.3 Å². The van der Waals surface area contributed by atoms with Crippen molar-refractivity contribution in [2.24, 2.45) is 12.5 Å². The molecular weight excluding hydrogens is 527 g/mol. The van der Waals surface area contributed by atoms with Crippen LogP contribution in [0.25, 0.3) is 55.4 Å². The summed E-state index contributed by atoms with van der Waals surface area (Å²) in [6.07, 6.45) is 0.878. The summed E-state index contributed by atoms with van der Waals surface area (Å²) < 4.78 is 26.5. The molecule has 42 heavy (non-hydrogen) atoms. The number of hydrogen-bond donors (Lipinski definition) is 0. The van der Waals surface area contributed by atoms with Gasteiger partial charge in [0.15, 0.2) is 6.20 Å². The lowest BCUT2D eigenvalue weighted by molar-refractivity contribution is -0.659. The summed E-state index contributed by atoms with van der Waals surface area (Å²) in [7, 11) is 0.390. The molecule has 0 unspecified atom stereocenters. The van der Waals surface area contributed by atoms with E-state index in [-0.39, 0.29) is 0 Å². The maximum absolute atomic E-state index is 8.78. The van der Waals surface area contributed by atoms with Gasteiger partial charge in [-0.15, -0.1) is 0 Å². The minimum atomic E-state index is -1.75. The highest BCUT2D eigenvalue weighted by Gasteiger charge is 2.29. The molecule has 0 saturated carbocycles. The predicted molar refractivity (Wildman–Crippen MR) is 182 cm³/mol. The van der Waals surface area contributed by atoms with Crippen LogP contribution in [0.2, 0.25) is 19.6 Å². The monoisotopic (exact) mass is 570 g/mol. The zero-order valence-corrected chi connectivity index (χ0v) is 27.1. The molecule has 0 atom stereocenters. The molecule has 0 aliphatic heterocycles. The molecule has 0 spiro atoms. The maximum atomic E-state index is 8.78. The highest BCUT2D eigenvalue weighted by molar-refractivity contribution is 6.89. The second-order valence-corrected chi connectivity index (χ2v) is 18.7. The molecule has 3 heteroatoms. The first-order valence-corrected chi connectivity index (χ1v) is 18.3. The van der Waals surface area contributed by atoms with Gasteiger partial charge in [-0.05, 0) is 64.2 Å². The number of furan rings is 1. The number of pyridine rings is 1. The number of fused-ring (bicyclic) bond motifs is 3. The van der Waals surface area contributed by atoms with E-state index < -0.39 is 19.9 Å². The van der Waals surface area contributed by atoms with Crippen LogP contribution in [0.1, 0.15) is 34.6 Å². The largest absolute Gasteiger partial charge is 0.455 e. The Kier molecular flexibility index (Phi) is 6.37. The molecule has 6 rings (SSSR count). The van der Waals surface area contributed by atoms with Crippen LogP contribution in [0.3, 0.4) is 0 Å². The first kappa shape index (κ1) is 25.7. The Morgan fingerprint density at radius 2 is 1.45 bits per heavy atom. The van der Waals surface area contributed by atoms with Crippen LogP contribution in [0.15, 0.2) is 102 Å². The van der Waals surface area contributed by atoms with Crippen molar-refractivity contribution in [2.75, 3.05) is 0 Å². The molecule has 0 aliphatic carbocycles. The van der Waals surface area contributed by atoms with E-state index >= 15 is 0 Å². The second-order valence-electron chi connectivity index (χ2n) is 13.6. The van der Waals surface area contributed by atoms with Crippen molar-refractivity contribution in [3.8, 4) is 33.5 Å². The number of benzene rings is 4. The highest BCUT2D eigenvalue weighted by Crippen LogP contribution is 2.39.